The summed E-state index contributed by atoms with van der Waals surface area (Å²) in [6.07, 6.45) is 5.93. The summed E-state index contributed by atoms with van der Waals surface area (Å²) in [4.78, 5) is 17.1. The van der Waals surface area contributed by atoms with Gasteiger partial charge >= 0.3 is 0 Å². The Balaban J connectivity index is 1.63. The van der Waals surface area contributed by atoms with Crippen LogP contribution < -0.4 is 10.1 Å². The highest BCUT2D eigenvalue weighted by Gasteiger charge is 2.24. The van der Waals surface area contributed by atoms with E-state index < -0.39 is 5.60 Å². The monoisotopic (exact) mass is 452 g/mol. The lowest BCUT2D eigenvalue weighted by molar-refractivity contribution is 0.0288. The predicted octanol–water partition coefficient (Wildman–Crippen LogP) is 3.87. The summed E-state index contributed by atoms with van der Waals surface area (Å²) in [7, 11) is 0. The molecule has 1 saturated carbocycles. The summed E-state index contributed by atoms with van der Waals surface area (Å²) in [5.74, 6) is 0.492. The van der Waals surface area contributed by atoms with Gasteiger partial charge in [0.25, 0.3) is 5.91 Å². The minimum absolute atomic E-state index is 0.0654. The molecule has 33 heavy (non-hydrogen) atoms. The van der Waals surface area contributed by atoms with Crippen molar-refractivity contribution in [3.05, 3.63) is 47.9 Å². The third-order valence-electron chi connectivity index (χ3n) is 6.02. The number of benzene rings is 1. The summed E-state index contributed by atoms with van der Waals surface area (Å²) in [5.41, 5.74) is 1.31. The minimum Gasteiger partial charge on any atom is -0.488 e. The summed E-state index contributed by atoms with van der Waals surface area (Å²) in [6, 6.07) is 9.24. The van der Waals surface area contributed by atoms with Crippen LogP contribution >= 0.6 is 0 Å². The van der Waals surface area contributed by atoms with Gasteiger partial charge in [-0.3, -0.25) is 9.48 Å². The lowest BCUT2D eigenvalue weighted by atomic mass is 9.87. The van der Waals surface area contributed by atoms with Crippen molar-refractivity contribution in [3.63, 3.8) is 0 Å². The molecule has 0 unspecified atom stereocenters. The number of aliphatic hydroxyl groups excluding tert-OH is 1. The van der Waals surface area contributed by atoms with Crippen molar-refractivity contribution in [1.29, 1.82) is 0 Å². The fourth-order valence-electron chi connectivity index (χ4n) is 4.18. The lowest BCUT2D eigenvalue weighted by Crippen LogP contribution is -2.28. The second-order valence-electron chi connectivity index (χ2n) is 9.59. The molecule has 1 fully saturated rings. The Hall–Kier alpha value is -2.97. The third kappa shape index (κ3) is 5.69. The van der Waals surface area contributed by atoms with Crippen molar-refractivity contribution < 1.29 is 19.7 Å². The van der Waals surface area contributed by atoms with E-state index in [1.165, 1.54) is 0 Å². The Morgan fingerprint density at radius 2 is 2.00 bits per heavy atom. The van der Waals surface area contributed by atoms with Crippen molar-refractivity contribution in [3.8, 4) is 5.75 Å². The first kappa shape index (κ1) is 23.2. The Kier molecular flexibility index (Phi) is 6.67. The van der Waals surface area contributed by atoms with Gasteiger partial charge in [0.1, 0.15) is 18.1 Å². The third-order valence-corrected chi connectivity index (χ3v) is 6.02. The number of aromatic nitrogens is 3. The molecular weight excluding hydrogens is 420 g/mol. The van der Waals surface area contributed by atoms with Crippen LogP contribution in [0.4, 0.5) is 5.69 Å². The number of nitrogens with zero attached hydrogens (tertiary/aromatic N) is 3. The van der Waals surface area contributed by atoms with E-state index in [0.29, 0.717) is 23.0 Å². The average molecular weight is 453 g/mol. The molecule has 8 nitrogen and oxygen atoms in total. The Labute approximate surface area is 193 Å². The van der Waals surface area contributed by atoms with Gasteiger partial charge < -0.3 is 20.3 Å². The molecule has 0 aliphatic heterocycles. The first-order valence-electron chi connectivity index (χ1n) is 11.5. The van der Waals surface area contributed by atoms with Crippen LogP contribution in [0.5, 0.6) is 5.75 Å². The number of hydrogen-bond donors (Lipinski definition) is 3. The standard InChI is InChI=1S/C25H32N4O4/c1-16-5-4-6-20(26-16)24(31)27-22-11-18-13-29(19-9-7-17(14-30)8-10-19)28-21(18)12-23(22)33-15-25(2,3)32/h4-6,11-13,17,19,30,32H,7-10,14-15H2,1-3H3,(H,27,31). The second kappa shape index (κ2) is 9.49. The molecule has 2 heterocycles. The number of hydrogen-bond acceptors (Lipinski definition) is 6. The van der Waals surface area contributed by atoms with E-state index >= 15 is 0 Å². The quantitative estimate of drug-likeness (QED) is 0.502. The molecule has 1 amide bonds. The van der Waals surface area contributed by atoms with Gasteiger partial charge in [-0.1, -0.05) is 6.07 Å². The van der Waals surface area contributed by atoms with Crippen LogP contribution in [-0.2, 0) is 0 Å². The van der Waals surface area contributed by atoms with E-state index in [9.17, 15) is 15.0 Å². The number of anilines is 1. The minimum atomic E-state index is -1.03. The molecule has 2 aromatic heterocycles. The average Bonchev–Trinajstić information content (AvgIpc) is 3.20. The zero-order valence-electron chi connectivity index (χ0n) is 19.4. The summed E-state index contributed by atoms with van der Waals surface area (Å²) < 4.78 is 7.88. The number of amides is 1. The van der Waals surface area contributed by atoms with Crippen LogP contribution in [-0.4, -0.2) is 49.7 Å². The number of fused-ring (bicyclic) bond motifs is 1. The molecule has 1 aliphatic carbocycles. The number of nitrogens with one attached hydrogen (secondary N) is 1. The Bertz CT molecular complexity index is 1130. The highest BCUT2D eigenvalue weighted by atomic mass is 16.5. The molecule has 4 rings (SSSR count). The van der Waals surface area contributed by atoms with Gasteiger partial charge in [-0.2, -0.15) is 5.10 Å². The largest absolute Gasteiger partial charge is 0.488 e. The Morgan fingerprint density at radius 1 is 1.24 bits per heavy atom. The maximum atomic E-state index is 12.8. The van der Waals surface area contributed by atoms with Gasteiger partial charge in [0.2, 0.25) is 0 Å². The van der Waals surface area contributed by atoms with E-state index in [-0.39, 0.29) is 25.2 Å². The van der Waals surface area contributed by atoms with Crippen molar-refractivity contribution in [1.82, 2.24) is 14.8 Å². The molecule has 0 saturated heterocycles. The van der Waals surface area contributed by atoms with E-state index in [1.54, 1.807) is 32.0 Å². The van der Waals surface area contributed by atoms with Crippen LogP contribution in [0.25, 0.3) is 10.9 Å². The number of aliphatic hydroxyl groups is 2. The molecule has 3 aromatic rings. The normalized spacial score (nSPS) is 18.9. The summed E-state index contributed by atoms with van der Waals surface area (Å²) in [5, 5.41) is 28.1. The Morgan fingerprint density at radius 3 is 2.67 bits per heavy atom. The zero-order chi connectivity index (χ0) is 23.6. The predicted molar refractivity (Wildman–Crippen MR) is 127 cm³/mol. The number of aryl methyl sites for hydroxylation is 1. The number of ether oxygens (including phenoxy) is 1. The van der Waals surface area contributed by atoms with Crippen molar-refractivity contribution in [2.45, 2.75) is 58.1 Å². The molecule has 1 aliphatic rings. The summed E-state index contributed by atoms with van der Waals surface area (Å²) >= 11 is 0. The van der Waals surface area contributed by atoms with Gasteiger partial charge in [0.15, 0.2) is 0 Å². The van der Waals surface area contributed by atoms with Crippen LogP contribution in [0, 0.1) is 12.8 Å². The topological polar surface area (TPSA) is 110 Å². The van der Waals surface area contributed by atoms with Crippen LogP contribution in [0.15, 0.2) is 36.5 Å². The molecule has 0 atom stereocenters. The fourth-order valence-corrected chi connectivity index (χ4v) is 4.18. The molecular formula is C25H32N4O4. The van der Waals surface area contributed by atoms with Crippen molar-refractivity contribution >= 4 is 22.5 Å². The molecule has 176 valence electrons. The maximum absolute atomic E-state index is 12.8. The second-order valence-corrected chi connectivity index (χ2v) is 9.59. The molecule has 0 spiro atoms. The van der Waals surface area contributed by atoms with Crippen LogP contribution in [0.1, 0.15) is 61.8 Å². The number of carbonyl (C=O) groups is 1. The van der Waals surface area contributed by atoms with Crippen molar-refractivity contribution in [2.75, 3.05) is 18.5 Å². The SMILES string of the molecule is Cc1cccc(C(=O)Nc2cc3cn(C4CCC(CO)CC4)nc3cc2OCC(C)(C)O)n1. The first-order valence-corrected chi connectivity index (χ1v) is 11.5. The van der Waals surface area contributed by atoms with Gasteiger partial charge in [-0.05, 0) is 70.6 Å². The van der Waals surface area contributed by atoms with E-state index in [0.717, 1.165) is 42.3 Å². The molecule has 0 bridgehead atoms. The number of pyridine rings is 1. The smallest absolute Gasteiger partial charge is 0.274 e. The fraction of sp³-hybridized carbons (Fsp3) is 0.480. The van der Waals surface area contributed by atoms with Gasteiger partial charge in [-0.15, -0.1) is 0 Å². The lowest BCUT2D eigenvalue weighted by Gasteiger charge is -2.27. The molecule has 3 N–H and O–H groups in total. The highest BCUT2D eigenvalue weighted by Crippen LogP contribution is 2.35. The number of rotatable bonds is 7. The molecule has 1 aromatic carbocycles. The maximum Gasteiger partial charge on any atom is 0.274 e. The number of carbonyl (C=O) groups excluding carboxylic acids is 1. The van der Waals surface area contributed by atoms with E-state index in [1.807, 2.05) is 29.9 Å². The zero-order valence-corrected chi connectivity index (χ0v) is 19.4. The molecule has 0 radical (unpaired) electrons. The van der Waals surface area contributed by atoms with Gasteiger partial charge in [-0.25, -0.2) is 4.98 Å². The summed E-state index contributed by atoms with van der Waals surface area (Å²) in [6.45, 7) is 5.48. The van der Waals surface area contributed by atoms with Crippen LogP contribution in [0.3, 0.4) is 0 Å². The van der Waals surface area contributed by atoms with Crippen molar-refractivity contribution in [2.24, 2.45) is 5.92 Å². The van der Waals surface area contributed by atoms with E-state index in [2.05, 4.69) is 10.3 Å². The van der Waals surface area contributed by atoms with Gasteiger partial charge in [0, 0.05) is 30.0 Å². The van der Waals surface area contributed by atoms with Crippen LogP contribution in [0.2, 0.25) is 0 Å². The van der Waals surface area contributed by atoms with E-state index in [4.69, 9.17) is 9.84 Å². The van der Waals surface area contributed by atoms with Gasteiger partial charge in [0.05, 0.1) is 22.8 Å². The molecule has 8 heteroatoms. The first-order chi connectivity index (χ1) is 15.7. The highest BCUT2D eigenvalue weighted by molar-refractivity contribution is 6.05.